The first-order chi connectivity index (χ1) is 13.8. The highest BCUT2D eigenvalue weighted by Crippen LogP contribution is 2.28. The molecular formula is C20H17N5O4. The molecule has 0 N–H and O–H groups in total. The number of aryl methyl sites for hydroxylation is 2. The Labute approximate surface area is 164 Å². The number of aromatic nitrogens is 4. The summed E-state index contributed by atoms with van der Waals surface area (Å²) < 4.78 is 6.65. The van der Waals surface area contributed by atoms with E-state index in [1.54, 1.807) is 6.92 Å². The van der Waals surface area contributed by atoms with E-state index in [0.717, 1.165) is 15.2 Å². The van der Waals surface area contributed by atoms with Crippen LogP contribution >= 0.6 is 0 Å². The SMILES string of the molecule is CC(=O)N(C(C)=O)n1c(C)nc2c(oc3nc(-c4ccccc4)nc(C)c32)c1=O. The normalized spacial score (nSPS) is 11.2. The second-order valence-electron chi connectivity index (χ2n) is 6.58. The summed E-state index contributed by atoms with van der Waals surface area (Å²) in [6.45, 7) is 5.70. The minimum Gasteiger partial charge on any atom is -0.430 e. The molecule has 4 rings (SSSR count). The molecule has 0 unspecified atom stereocenters. The lowest BCUT2D eigenvalue weighted by Gasteiger charge is -2.20. The number of nitrogens with zero attached hydrogens (tertiary/aromatic N) is 5. The third-order valence-electron chi connectivity index (χ3n) is 4.50. The third-order valence-corrected chi connectivity index (χ3v) is 4.50. The number of rotatable bonds is 2. The van der Waals surface area contributed by atoms with E-state index in [4.69, 9.17) is 4.42 Å². The van der Waals surface area contributed by atoms with Crippen molar-refractivity contribution in [2.24, 2.45) is 0 Å². The van der Waals surface area contributed by atoms with Crippen LogP contribution < -0.4 is 10.6 Å². The lowest BCUT2D eigenvalue weighted by Crippen LogP contribution is -2.49. The smallest absolute Gasteiger partial charge is 0.316 e. The molecular weight excluding hydrogens is 374 g/mol. The standard InChI is InChI=1S/C20H17N5O4/c1-10-15-16-17(20(28)24(11(2)22-16)25(12(3)26)13(4)27)29-19(15)23-18(21-10)14-8-6-5-7-9-14/h5-9H,1-4H3. The first-order valence-electron chi connectivity index (χ1n) is 8.87. The van der Waals surface area contributed by atoms with Gasteiger partial charge in [0.1, 0.15) is 11.3 Å². The molecule has 0 aliphatic carbocycles. The van der Waals surface area contributed by atoms with Gasteiger partial charge in [0.05, 0.1) is 11.1 Å². The van der Waals surface area contributed by atoms with Gasteiger partial charge in [0.2, 0.25) is 23.1 Å². The van der Waals surface area contributed by atoms with Crippen molar-refractivity contribution >= 4 is 34.0 Å². The Balaban J connectivity index is 2.04. The molecule has 0 aliphatic rings. The minimum atomic E-state index is -0.670. The monoisotopic (exact) mass is 391 g/mol. The molecule has 9 nitrogen and oxygen atoms in total. The number of hydrogen-bond donors (Lipinski definition) is 0. The highest BCUT2D eigenvalue weighted by Gasteiger charge is 2.25. The van der Waals surface area contributed by atoms with Gasteiger partial charge < -0.3 is 4.42 Å². The number of hydrogen-bond acceptors (Lipinski definition) is 7. The van der Waals surface area contributed by atoms with E-state index in [0.29, 0.717) is 22.4 Å². The molecule has 3 aromatic heterocycles. The van der Waals surface area contributed by atoms with Crippen LogP contribution in [0.15, 0.2) is 39.5 Å². The van der Waals surface area contributed by atoms with Crippen LogP contribution in [-0.4, -0.2) is 31.4 Å². The van der Waals surface area contributed by atoms with Gasteiger partial charge in [0.25, 0.3) is 0 Å². The van der Waals surface area contributed by atoms with Gasteiger partial charge in [-0.2, -0.15) is 14.7 Å². The summed E-state index contributed by atoms with van der Waals surface area (Å²) in [5.74, 6) is -0.590. The van der Waals surface area contributed by atoms with Crippen molar-refractivity contribution in [1.82, 2.24) is 19.6 Å². The number of carbonyl (C=O) groups excluding carboxylic acids is 2. The molecule has 0 fully saturated rings. The highest BCUT2D eigenvalue weighted by atomic mass is 16.3. The second-order valence-corrected chi connectivity index (χ2v) is 6.58. The summed E-state index contributed by atoms with van der Waals surface area (Å²) in [6, 6.07) is 9.38. The number of carbonyl (C=O) groups is 2. The summed E-state index contributed by atoms with van der Waals surface area (Å²) in [4.78, 5) is 50.3. The van der Waals surface area contributed by atoms with Crippen LogP contribution in [0.5, 0.6) is 0 Å². The van der Waals surface area contributed by atoms with E-state index in [1.807, 2.05) is 30.3 Å². The van der Waals surface area contributed by atoms with Crippen LogP contribution in [0, 0.1) is 13.8 Å². The average Bonchev–Trinajstić information content (AvgIpc) is 3.04. The molecule has 0 radical (unpaired) electrons. The summed E-state index contributed by atoms with van der Waals surface area (Å²) in [6.07, 6.45) is 0. The predicted octanol–water partition coefficient (Wildman–Crippen LogP) is 2.25. The Hall–Kier alpha value is -3.88. The van der Waals surface area contributed by atoms with E-state index in [-0.39, 0.29) is 17.1 Å². The fourth-order valence-corrected chi connectivity index (χ4v) is 3.31. The van der Waals surface area contributed by atoms with Crippen molar-refractivity contribution in [3.8, 4) is 11.4 Å². The van der Waals surface area contributed by atoms with Gasteiger partial charge in [-0.05, 0) is 13.8 Å². The van der Waals surface area contributed by atoms with Crippen molar-refractivity contribution in [1.29, 1.82) is 0 Å². The largest absolute Gasteiger partial charge is 0.430 e. The Kier molecular flexibility index (Phi) is 4.22. The number of fused-ring (bicyclic) bond motifs is 3. The quantitative estimate of drug-likeness (QED) is 0.515. The maximum atomic E-state index is 13.1. The lowest BCUT2D eigenvalue weighted by atomic mass is 10.2. The van der Waals surface area contributed by atoms with Crippen molar-refractivity contribution in [3.05, 3.63) is 52.2 Å². The molecule has 0 atom stereocenters. The van der Waals surface area contributed by atoms with E-state index < -0.39 is 17.4 Å². The van der Waals surface area contributed by atoms with E-state index >= 15 is 0 Å². The Morgan fingerprint density at radius 1 is 1.00 bits per heavy atom. The van der Waals surface area contributed by atoms with Crippen molar-refractivity contribution in [2.75, 3.05) is 5.01 Å². The second kappa shape index (κ2) is 6.62. The zero-order valence-corrected chi connectivity index (χ0v) is 16.3. The topological polar surface area (TPSA) is 111 Å². The zero-order valence-electron chi connectivity index (χ0n) is 16.3. The molecule has 2 amide bonds. The Morgan fingerprint density at radius 3 is 2.28 bits per heavy atom. The third kappa shape index (κ3) is 2.87. The summed E-state index contributed by atoms with van der Waals surface area (Å²) in [5.41, 5.74) is 1.15. The van der Waals surface area contributed by atoms with E-state index in [9.17, 15) is 14.4 Å². The van der Waals surface area contributed by atoms with Gasteiger partial charge in [0, 0.05) is 19.4 Å². The van der Waals surface area contributed by atoms with Crippen LogP contribution in [0.3, 0.4) is 0 Å². The zero-order chi connectivity index (χ0) is 20.9. The molecule has 0 saturated heterocycles. The highest BCUT2D eigenvalue weighted by molar-refractivity contribution is 6.07. The van der Waals surface area contributed by atoms with Crippen molar-refractivity contribution < 1.29 is 14.0 Å². The Bertz CT molecular complexity index is 1340. The fourth-order valence-electron chi connectivity index (χ4n) is 3.31. The first-order valence-corrected chi connectivity index (χ1v) is 8.87. The molecule has 146 valence electrons. The molecule has 9 heteroatoms. The van der Waals surface area contributed by atoms with Gasteiger partial charge >= 0.3 is 5.56 Å². The molecule has 3 heterocycles. The van der Waals surface area contributed by atoms with E-state index in [1.165, 1.54) is 20.8 Å². The number of amides is 2. The molecule has 0 saturated carbocycles. The van der Waals surface area contributed by atoms with Gasteiger partial charge in [-0.15, -0.1) is 0 Å². The molecule has 0 aliphatic heterocycles. The fraction of sp³-hybridized carbons (Fsp3) is 0.200. The molecule has 0 spiro atoms. The van der Waals surface area contributed by atoms with Crippen molar-refractivity contribution in [2.45, 2.75) is 27.7 Å². The summed E-state index contributed by atoms with van der Waals surface area (Å²) in [5, 5.41) is 1.25. The number of imide groups is 1. The first kappa shape index (κ1) is 18.5. The van der Waals surface area contributed by atoms with Gasteiger partial charge in [0.15, 0.2) is 5.82 Å². The molecule has 0 bridgehead atoms. The number of benzene rings is 1. The van der Waals surface area contributed by atoms with Crippen LogP contribution in [0.1, 0.15) is 25.4 Å². The molecule has 4 aromatic rings. The van der Waals surface area contributed by atoms with Crippen LogP contribution in [0.25, 0.3) is 33.6 Å². The van der Waals surface area contributed by atoms with Crippen LogP contribution in [0.2, 0.25) is 0 Å². The predicted molar refractivity (Wildman–Crippen MR) is 106 cm³/mol. The number of furan rings is 1. The maximum Gasteiger partial charge on any atom is 0.316 e. The van der Waals surface area contributed by atoms with Crippen molar-refractivity contribution in [3.63, 3.8) is 0 Å². The Morgan fingerprint density at radius 2 is 1.66 bits per heavy atom. The van der Waals surface area contributed by atoms with Crippen LogP contribution in [0.4, 0.5) is 0 Å². The van der Waals surface area contributed by atoms with Gasteiger partial charge in [-0.1, -0.05) is 30.3 Å². The average molecular weight is 391 g/mol. The molecule has 29 heavy (non-hydrogen) atoms. The lowest BCUT2D eigenvalue weighted by molar-refractivity contribution is -0.126. The molecule has 1 aromatic carbocycles. The van der Waals surface area contributed by atoms with Gasteiger partial charge in [-0.3, -0.25) is 14.4 Å². The van der Waals surface area contributed by atoms with E-state index in [2.05, 4.69) is 15.0 Å². The van der Waals surface area contributed by atoms with Gasteiger partial charge in [-0.25, -0.2) is 9.97 Å². The van der Waals surface area contributed by atoms with Crippen LogP contribution in [-0.2, 0) is 9.59 Å². The minimum absolute atomic E-state index is 0.0966. The summed E-state index contributed by atoms with van der Waals surface area (Å²) in [7, 11) is 0. The summed E-state index contributed by atoms with van der Waals surface area (Å²) >= 11 is 0. The maximum absolute atomic E-state index is 13.1.